The highest BCUT2D eigenvalue weighted by Gasteiger charge is 2.38. The summed E-state index contributed by atoms with van der Waals surface area (Å²) in [6.07, 6.45) is 1.06. The van der Waals surface area contributed by atoms with Crippen molar-refractivity contribution in [2.45, 2.75) is 25.5 Å². The summed E-state index contributed by atoms with van der Waals surface area (Å²) in [5, 5.41) is 7.02. The van der Waals surface area contributed by atoms with Gasteiger partial charge in [-0.3, -0.25) is 0 Å². The van der Waals surface area contributed by atoms with Gasteiger partial charge >= 0.3 is 11.9 Å². The topological polar surface area (TPSA) is 99.4 Å². The molecule has 0 saturated carbocycles. The molecule has 0 atom stereocenters. The largest absolute Gasteiger partial charge is 0.459 e. The number of ether oxygens (including phenoxy) is 1. The molecule has 0 unspecified atom stereocenters. The molecule has 7 nitrogen and oxygen atoms in total. The van der Waals surface area contributed by atoms with Gasteiger partial charge in [0.2, 0.25) is 5.89 Å². The molecule has 17 heavy (non-hydrogen) atoms. The minimum atomic E-state index is -3.43. The Bertz CT molecular complexity index is 517. The lowest BCUT2D eigenvalue weighted by molar-refractivity contribution is 0.0478. The molecule has 1 rings (SSSR count). The SMILES string of the molecule is CCOC(=O)c1nnc(C(C)(C)S(C)(=O)=O)o1. The van der Waals surface area contributed by atoms with Crippen molar-refractivity contribution in [3.8, 4) is 0 Å². The lowest BCUT2D eigenvalue weighted by Gasteiger charge is -2.16. The van der Waals surface area contributed by atoms with E-state index in [1.165, 1.54) is 13.8 Å². The second-order valence-electron chi connectivity index (χ2n) is 3.92. The molecular formula is C9H14N2O5S. The summed E-state index contributed by atoms with van der Waals surface area (Å²) >= 11 is 0. The fraction of sp³-hybridized carbons (Fsp3) is 0.667. The van der Waals surface area contributed by atoms with Gasteiger partial charge in [0.05, 0.1) is 6.61 Å². The van der Waals surface area contributed by atoms with Crippen LogP contribution in [0.15, 0.2) is 4.42 Å². The molecule has 1 aromatic heterocycles. The Labute approximate surface area is 99.1 Å². The highest BCUT2D eigenvalue weighted by molar-refractivity contribution is 7.91. The monoisotopic (exact) mass is 262 g/mol. The number of carbonyl (C=O) groups excluding carboxylic acids is 1. The number of sulfone groups is 1. The Kier molecular flexibility index (Phi) is 3.56. The summed E-state index contributed by atoms with van der Waals surface area (Å²) in [6, 6.07) is 0. The predicted octanol–water partition coefficient (Wildman–Crippen LogP) is 0.526. The standard InChI is InChI=1S/C9H14N2O5S/c1-5-15-7(12)6-10-11-8(16-6)9(2,3)17(4,13)14/h5H2,1-4H3. The Balaban J connectivity index is 3.08. The van der Waals surface area contributed by atoms with E-state index in [1.54, 1.807) is 6.92 Å². The van der Waals surface area contributed by atoms with Crippen LogP contribution in [0.1, 0.15) is 37.3 Å². The summed E-state index contributed by atoms with van der Waals surface area (Å²) in [5.74, 6) is -1.25. The number of aromatic nitrogens is 2. The van der Waals surface area contributed by atoms with Gasteiger partial charge in [0, 0.05) is 6.26 Å². The van der Waals surface area contributed by atoms with Gasteiger partial charge in [-0.25, -0.2) is 13.2 Å². The van der Waals surface area contributed by atoms with Crippen molar-refractivity contribution >= 4 is 15.8 Å². The quantitative estimate of drug-likeness (QED) is 0.729. The number of hydrogen-bond acceptors (Lipinski definition) is 7. The van der Waals surface area contributed by atoms with E-state index in [0.29, 0.717) is 0 Å². The third-order valence-corrected chi connectivity index (χ3v) is 4.35. The molecule has 0 aliphatic rings. The highest BCUT2D eigenvalue weighted by atomic mass is 32.2. The van der Waals surface area contributed by atoms with Gasteiger partial charge in [0.25, 0.3) is 0 Å². The molecule has 96 valence electrons. The molecule has 0 fully saturated rings. The van der Waals surface area contributed by atoms with Crippen LogP contribution >= 0.6 is 0 Å². The van der Waals surface area contributed by atoms with Crippen molar-refractivity contribution in [1.82, 2.24) is 10.2 Å². The van der Waals surface area contributed by atoms with E-state index in [4.69, 9.17) is 4.42 Å². The average Bonchev–Trinajstić information content (AvgIpc) is 2.65. The van der Waals surface area contributed by atoms with Crippen LogP contribution in [0.4, 0.5) is 0 Å². The van der Waals surface area contributed by atoms with E-state index < -0.39 is 20.6 Å². The van der Waals surface area contributed by atoms with Crippen molar-refractivity contribution < 1.29 is 22.4 Å². The maximum absolute atomic E-state index is 11.5. The molecule has 0 aromatic carbocycles. The van der Waals surface area contributed by atoms with E-state index in [0.717, 1.165) is 6.26 Å². The second kappa shape index (κ2) is 4.44. The van der Waals surface area contributed by atoms with E-state index in [-0.39, 0.29) is 18.4 Å². The Hall–Kier alpha value is -1.44. The van der Waals surface area contributed by atoms with Gasteiger partial charge in [0.1, 0.15) is 4.75 Å². The van der Waals surface area contributed by atoms with E-state index >= 15 is 0 Å². The fourth-order valence-electron chi connectivity index (χ4n) is 0.900. The van der Waals surface area contributed by atoms with Crippen LogP contribution in [0.5, 0.6) is 0 Å². The Morgan fingerprint density at radius 3 is 2.47 bits per heavy atom. The maximum Gasteiger partial charge on any atom is 0.396 e. The van der Waals surface area contributed by atoms with Crippen LogP contribution in [0.3, 0.4) is 0 Å². The number of nitrogens with zero attached hydrogens (tertiary/aromatic N) is 2. The first-order chi connectivity index (χ1) is 7.70. The first kappa shape index (κ1) is 13.6. The summed E-state index contributed by atoms with van der Waals surface area (Å²) in [6.45, 7) is 4.65. The summed E-state index contributed by atoms with van der Waals surface area (Å²) in [5.41, 5.74) is 0. The van der Waals surface area contributed by atoms with Crippen LogP contribution in [0.25, 0.3) is 0 Å². The van der Waals surface area contributed by atoms with Gasteiger partial charge in [-0.1, -0.05) is 0 Å². The zero-order valence-corrected chi connectivity index (χ0v) is 10.9. The number of esters is 1. The molecule has 0 N–H and O–H groups in total. The molecule has 1 heterocycles. The third-order valence-electron chi connectivity index (χ3n) is 2.32. The average molecular weight is 262 g/mol. The van der Waals surface area contributed by atoms with Gasteiger partial charge in [0.15, 0.2) is 9.84 Å². The smallest absolute Gasteiger partial charge is 0.396 e. The minimum absolute atomic E-state index is 0.136. The predicted molar refractivity (Wildman–Crippen MR) is 58.1 cm³/mol. The van der Waals surface area contributed by atoms with Crippen molar-refractivity contribution in [3.63, 3.8) is 0 Å². The minimum Gasteiger partial charge on any atom is -0.459 e. The van der Waals surface area contributed by atoms with Crippen LogP contribution in [-0.2, 0) is 19.3 Å². The van der Waals surface area contributed by atoms with Crippen molar-refractivity contribution in [2.24, 2.45) is 0 Å². The molecule has 8 heteroatoms. The highest BCUT2D eigenvalue weighted by Crippen LogP contribution is 2.27. The molecule has 0 saturated heterocycles. The molecule has 0 aliphatic carbocycles. The summed E-state index contributed by atoms with van der Waals surface area (Å²) in [7, 11) is -3.43. The molecule has 0 radical (unpaired) electrons. The second-order valence-corrected chi connectivity index (χ2v) is 6.48. The molecule has 0 amide bonds. The zero-order valence-electron chi connectivity index (χ0n) is 10.1. The molecule has 0 spiro atoms. The first-order valence-electron chi connectivity index (χ1n) is 4.91. The van der Waals surface area contributed by atoms with Gasteiger partial charge in [-0.05, 0) is 20.8 Å². The van der Waals surface area contributed by atoms with E-state index in [2.05, 4.69) is 14.9 Å². The lowest BCUT2D eigenvalue weighted by atomic mass is 10.2. The van der Waals surface area contributed by atoms with E-state index in [9.17, 15) is 13.2 Å². The van der Waals surface area contributed by atoms with Crippen LogP contribution in [-0.4, -0.2) is 37.4 Å². The maximum atomic E-state index is 11.5. The first-order valence-corrected chi connectivity index (χ1v) is 6.80. The molecule has 0 bridgehead atoms. The summed E-state index contributed by atoms with van der Waals surface area (Å²) in [4.78, 5) is 11.3. The van der Waals surface area contributed by atoms with Gasteiger partial charge in [-0.15, -0.1) is 10.2 Å². The van der Waals surface area contributed by atoms with Crippen molar-refractivity contribution in [3.05, 3.63) is 11.8 Å². The normalized spacial score (nSPS) is 12.5. The molecular weight excluding hydrogens is 248 g/mol. The number of carbonyl (C=O) groups is 1. The van der Waals surface area contributed by atoms with Gasteiger partial charge < -0.3 is 9.15 Å². The number of rotatable bonds is 4. The van der Waals surface area contributed by atoms with E-state index in [1.807, 2.05) is 0 Å². The van der Waals surface area contributed by atoms with Crippen LogP contribution in [0, 0.1) is 0 Å². The zero-order chi connectivity index (χ0) is 13.3. The van der Waals surface area contributed by atoms with Crippen molar-refractivity contribution in [1.29, 1.82) is 0 Å². The van der Waals surface area contributed by atoms with Crippen LogP contribution in [0.2, 0.25) is 0 Å². The summed E-state index contributed by atoms with van der Waals surface area (Å²) < 4.78 is 31.4. The molecule has 1 aromatic rings. The fourth-order valence-corrected chi connectivity index (χ4v) is 1.30. The Morgan fingerprint density at radius 1 is 1.41 bits per heavy atom. The number of hydrogen-bond donors (Lipinski definition) is 0. The lowest BCUT2D eigenvalue weighted by Crippen LogP contribution is -2.28. The Morgan fingerprint density at radius 2 is 2.00 bits per heavy atom. The van der Waals surface area contributed by atoms with Gasteiger partial charge in [-0.2, -0.15) is 0 Å². The molecule has 0 aliphatic heterocycles. The van der Waals surface area contributed by atoms with Crippen LogP contribution < -0.4 is 0 Å². The van der Waals surface area contributed by atoms with Crippen molar-refractivity contribution in [2.75, 3.05) is 12.9 Å². The third kappa shape index (κ3) is 2.63.